The Labute approximate surface area is 180 Å². The average Bonchev–Trinajstić information content (AvgIpc) is 3.53. The second-order valence-electron chi connectivity index (χ2n) is 8.32. The maximum Gasteiger partial charge on any atom is 0.131 e. The highest BCUT2D eigenvalue weighted by Gasteiger charge is 2.23. The lowest BCUT2D eigenvalue weighted by Crippen LogP contribution is -2.06. The van der Waals surface area contributed by atoms with Gasteiger partial charge in [-0.3, -0.25) is 5.10 Å². The molecule has 0 spiro atoms. The van der Waals surface area contributed by atoms with Gasteiger partial charge in [0.05, 0.1) is 22.8 Å². The highest BCUT2D eigenvalue weighted by molar-refractivity contribution is 5.97. The molecule has 1 saturated carbocycles. The molecule has 1 fully saturated rings. The first-order valence-electron chi connectivity index (χ1n) is 10.6. The molecule has 1 aromatic heterocycles. The molecule has 0 amide bonds. The van der Waals surface area contributed by atoms with Gasteiger partial charge >= 0.3 is 0 Å². The Morgan fingerprint density at radius 1 is 1.16 bits per heavy atom. The topological polar surface area (TPSA) is 64.5 Å². The average molecular weight is 410 g/mol. The van der Waals surface area contributed by atoms with Crippen LogP contribution in [0, 0.1) is 24.1 Å². The normalized spacial score (nSPS) is 13.5. The van der Waals surface area contributed by atoms with Gasteiger partial charge < -0.3 is 5.32 Å². The number of hydrogen-bond donors (Lipinski definition) is 2. The van der Waals surface area contributed by atoms with Crippen molar-refractivity contribution in [3.8, 4) is 28.5 Å². The van der Waals surface area contributed by atoms with Crippen LogP contribution in [0.4, 0.5) is 4.39 Å². The van der Waals surface area contributed by atoms with Crippen LogP contribution in [0.25, 0.3) is 33.3 Å². The summed E-state index contributed by atoms with van der Waals surface area (Å²) in [4.78, 5) is 0. The van der Waals surface area contributed by atoms with Crippen LogP contribution in [0.1, 0.15) is 41.0 Å². The van der Waals surface area contributed by atoms with Crippen molar-refractivity contribution in [2.45, 2.75) is 32.2 Å². The molecule has 2 N–H and O–H groups in total. The molecule has 0 radical (unpaired) electrons. The second-order valence-corrected chi connectivity index (χ2v) is 8.32. The summed E-state index contributed by atoms with van der Waals surface area (Å²) in [7, 11) is 1.83. The van der Waals surface area contributed by atoms with Crippen molar-refractivity contribution < 1.29 is 4.39 Å². The van der Waals surface area contributed by atoms with E-state index in [0.29, 0.717) is 29.2 Å². The molecule has 154 valence electrons. The molecule has 4 aromatic rings. The fraction of sp³-hybridized carbons (Fsp3) is 0.231. The predicted octanol–water partition coefficient (Wildman–Crippen LogP) is 5.81. The summed E-state index contributed by atoms with van der Waals surface area (Å²) < 4.78 is 15.2. The Balaban J connectivity index is 1.65. The molecular weight excluding hydrogens is 387 g/mol. The number of nitrogens with one attached hydrogen (secondary N) is 2. The highest BCUT2D eigenvalue weighted by atomic mass is 19.1. The van der Waals surface area contributed by atoms with Gasteiger partial charge in [-0.15, -0.1) is 0 Å². The standard InChI is InChI=1S/C26H23FN4/c1-15-9-16(14-29-2)10-23(27)25(15)21-12-22-24(11-20(21)13-28)30-31-26(22)19-7-5-18(6-8-19)17-3-4-17/h5-12,17,29H,3-4,14H2,1-2H3,(H,30,31). The summed E-state index contributed by atoms with van der Waals surface area (Å²) >= 11 is 0. The largest absolute Gasteiger partial charge is 0.316 e. The van der Waals surface area contributed by atoms with Crippen molar-refractivity contribution in [3.63, 3.8) is 0 Å². The van der Waals surface area contributed by atoms with Gasteiger partial charge in [0.15, 0.2) is 0 Å². The molecule has 0 atom stereocenters. The minimum absolute atomic E-state index is 0.320. The van der Waals surface area contributed by atoms with E-state index in [4.69, 9.17) is 0 Å². The SMILES string of the molecule is CNCc1cc(C)c(-c2cc3c(-c4ccc(C5CC5)cc4)n[nH]c3cc2C#N)c(F)c1. The van der Waals surface area contributed by atoms with E-state index >= 15 is 4.39 Å². The summed E-state index contributed by atoms with van der Waals surface area (Å²) in [5, 5.41) is 21.2. The van der Waals surface area contributed by atoms with E-state index in [0.717, 1.165) is 33.3 Å². The van der Waals surface area contributed by atoms with Crippen molar-refractivity contribution in [3.05, 3.63) is 76.6 Å². The van der Waals surface area contributed by atoms with Gasteiger partial charge in [0, 0.05) is 28.6 Å². The van der Waals surface area contributed by atoms with Crippen LogP contribution in [0.5, 0.6) is 0 Å². The number of aromatic amines is 1. The van der Waals surface area contributed by atoms with Gasteiger partial charge in [0.25, 0.3) is 0 Å². The lowest BCUT2D eigenvalue weighted by atomic mass is 9.92. The summed E-state index contributed by atoms with van der Waals surface area (Å²) in [5.74, 6) is 0.381. The molecular formula is C26H23FN4. The van der Waals surface area contributed by atoms with E-state index in [1.807, 2.05) is 26.1 Å². The molecule has 5 heteroatoms. The molecule has 1 heterocycles. The van der Waals surface area contributed by atoms with E-state index in [-0.39, 0.29) is 5.82 Å². The quantitative estimate of drug-likeness (QED) is 0.436. The van der Waals surface area contributed by atoms with Gasteiger partial charge in [0.2, 0.25) is 0 Å². The van der Waals surface area contributed by atoms with Gasteiger partial charge in [-0.25, -0.2) is 4.39 Å². The van der Waals surface area contributed by atoms with Gasteiger partial charge in [-0.05, 0) is 67.6 Å². The van der Waals surface area contributed by atoms with Gasteiger partial charge in [-0.2, -0.15) is 10.4 Å². The molecule has 31 heavy (non-hydrogen) atoms. The number of aromatic nitrogens is 2. The molecule has 5 rings (SSSR count). The number of fused-ring (bicyclic) bond motifs is 1. The number of aryl methyl sites for hydroxylation is 1. The third kappa shape index (κ3) is 3.49. The zero-order chi connectivity index (χ0) is 21.5. The minimum atomic E-state index is -0.320. The Morgan fingerprint density at radius 2 is 1.94 bits per heavy atom. The van der Waals surface area contributed by atoms with Crippen molar-refractivity contribution >= 4 is 10.9 Å². The van der Waals surface area contributed by atoms with Crippen molar-refractivity contribution in [1.82, 2.24) is 15.5 Å². The van der Waals surface area contributed by atoms with Crippen LogP contribution >= 0.6 is 0 Å². The molecule has 0 unspecified atom stereocenters. The molecule has 1 aliphatic carbocycles. The van der Waals surface area contributed by atoms with E-state index < -0.39 is 0 Å². The van der Waals surface area contributed by atoms with E-state index in [1.54, 1.807) is 6.07 Å². The van der Waals surface area contributed by atoms with Crippen molar-refractivity contribution in [2.24, 2.45) is 0 Å². The van der Waals surface area contributed by atoms with Gasteiger partial charge in [0.1, 0.15) is 5.82 Å². The summed E-state index contributed by atoms with van der Waals surface area (Å²) in [6.07, 6.45) is 2.53. The second kappa shape index (κ2) is 7.64. The molecule has 0 saturated heterocycles. The first kappa shape index (κ1) is 19.5. The Morgan fingerprint density at radius 3 is 2.58 bits per heavy atom. The van der Waals surface area contributed by atoms with Crippen LogP contribution < -0.4 is 5.32 Å². The zero-order valence-corrected chi connectivity index (χ0v) is 17.6. The van der Waals surface area contributed by atoms with E-state index in [1.165, 1.54) is 24.5 Å². The predicted molar refractivity (Wildman–Crippen MR) is 121 cm³/mol. The fourth-order valence-electron chi connectivity index (χ4n) is 4.38. The van der Waals surface area contributed by atoms with Crippen LogP contribution in [0.2, 0.25) is 0 Å². The van der Waals surface area contributed by atoms with Crippen LogP contribution in [0.3, 0.4) is 0 Å². The van der Waals surface area contributed by atoms with Crippen LogP contribution in [-0.4, -0.2) is 17.2 Å². The molecule has 3 aromatic carbocycles. The third-order valence-electron chi connectivity index (χ3n) is 6.05. The van der Waals surface area contributed by atoms with Crippen molar-refractivity contribution in [1.29, 1.82) is 5.26 Å². The number of halogens is 1. The molecule has 1 aliphatic rings. The lowest BCUT2D eigenvalue weighted by molar-refractivity contribution is 0.626. The fourth-order valence-corrected chi connectivity index (χ4v) is 4.38. The summed E-state index contributed by atoms with van der Waals surface area (Å²) in [6.45, 7) is 2.47. The molecule has 0 bridgehead atoms. The number of hydrogen-bond acceptors (Lipinski definition) is 3. The van der Waals surface area contributed by atoms with Crippen LogP contribution in [-0.2, 0) is 6.54 Å². The Bertz CT molecular complexity index is 1300. The lowest BCUT2D eigenvalue weighted by Gasteiger charge is -2.13. The third-order valence-corrected chi connectivity index (χ3v) is 6.05. The monoisotopic (exact) mass is 410 g/mol. The van der Waals surface area contributed by atoms with E-state index in [9.17, 15) is 5.26 Å². The molecule has 0 aliphatic heterocycles. The maximum absolute atomic E-state index is 15.2. The number of nitrogens with zero attached hydrogens (tertiary/aromatic N) is 2. The number of nitriles is 1. The summed E-state index contributed by atoms with van der Waals surface area (Å²) in [6, 6.07) is 17.9. The number of H-pyrrole nitrogens is 1. The highest BCUT2D eigenvalue weighted by Crippen LogP contribution is 2.41. The van der Waals surface area contributed by atoms with Crippen molar-refractivity contribution in [2.75, 3.05) is 7.05 Å². The Hall–Kier alpha value is -3.49. The number of rotatable bonds is 5. The Kier molecular flexibility index (Phi) is 4.80. The van der Waals surface area contributed by atoms with E-state index in [2.05, 4.69) is 45.8 Å². The zero-order valence-electron chi connectivity index (χ0n) is 17.6. The minimum Gasteiger partial charge on any atom is -0.316 e. The smallest absolute Gasteiger partial charge is 0.131 e. The first-order chi connectivity index (χ1) is 15.1. The summed E-state index contributed by atoms with van der Waals surface area (Å²) in [5.41, 5.74) is 7.13. The van der Waals surface area contributed by atoms with Gasteiger partial charge in [-0.1, -0.05) is 30.3 Å². The maximum atomic E-state index is 15.2. The molecule has 4 nitrogen and oxygen atoms in total. The number of benzene rings is 3. The first-order valence-corrected chi connectivity index (χ1v) is 10.6. The van der Waals surface area contributed by atoms with Crippen LogP contribution in [0.15, 0.2) is 48.5 Å².